The quantitative estimate of drug-likeness (QED) is 0.657. The van der Waals surface area contributed by atoms with Gasteiger partial charge in [-0.3, -0.25) is 4.99 Å². The van der Waals surface area contributed by atoms with Crippen molar-refractivity contribution in [1.82, 2.24) is 10.6 Å². The van der Waals surface area contributed by atoms with Crippen molar-refractivity contribution in [3.8, 4) is 0 Å². The summed E-state index contributed by atoms with van der Waals surface area (Å²) >= 11 is 0. The van der Waals surface area contributed by atoms with E-state index in [1.54, 1.807) is 0 Å². The second-order valence-corrected chi connectivity index (χ2v) is 6.34. The summed E-state index contributed by atoms with van der Waals surface area (Å²) in [5.41, 5.74) is 2.87. The summed E-state index contributed by atoms with van der Waals surface area (Å²) in [6.07, 6.45) is 2.42. The lowest BCUT2D eigenvalue weighted by atomic mass is 10.1. The lowest BCUT2D eigenvalue weighted by Gasteiger charge is -2.25. The van der Waals surface area contributed by atoms with Gasteiger partial charge in [0, 0.05) is 37.9 Å². The molecule has 2 N–H and O–H groups in total. The van der Waals surface area contributed by atoms with Gasteiger partial charge in [-0.1, -0.05) is 25.1 Å². The highest BCUT2D eigenvalue weighted by Crippen LogP contribution is 2.31. The molecule has 1 aromatic carbocycles. The van der Waals surface area contributed by atoms with Gasteiger partial charge in [-0.05, 0) is 37.3 Å². The van der Waals surface area contributed by atoms with Crippen molar-refractivity contribution in [2.45, 2.75) is 38.8 Å². The zero-order valence-corrected chi connectivity index (χ0v) is 13.3. The van der Waals surface area contributed by atoms with Crippen LogP contribution in [0.5, 0.6) is 0 Å². The molecule has 4 nitrogen and oxygen atoms in total. The molecule has 0 bridgehead atoms. The highest BCUT2D eigenvalue weighted by atomic mass is 15.2. The predicted molar refractivity (Wildman–Crippen MR) is 89.0 cm³/mol. The minimum Gasteiger partial charge on any atom is -0.367 e. The Morgan fingerprint density at radius 3 is 2.81 bits per heavy atom. The van der Waals surface area contributed by atoms with Gasteiger partial charge in [-0.2, -0.15) is 0 Å². The summed E-state index contributed by atoms with van der Waals surface area (Å²) in [7, 11) is 1.84. The number of nitrogens with one attached hydrogen (secondary N) is 2. The van der Waals surface area contributed by atoms with E-state index < -0.39 is 0 Å². The average Bonchev–Trinajstić information content (AvgIpc) is 3.08. The summed E-state index contributed by atoms with van der Waals surface area (Å²) in [6, 6.07) is 9.94. The van der Waals surface area contributed by atoms with E-state index >= 15 is 0 Å². The Morgan fingerprint density at radius 2 is 2.10 bits per heavy atom. The highest BCUT2D eigenvalue weighted by molar-refractivity contribution is 5.80. The first-order chi connectivity index (χ1) is 10.2. The molecule has 0 radical (unpaired) electrons. The van der Waals surface area contributed by atoms with Gasteiger partial charge in [0.2, 0.25) is 0 Å². The Balaban J connectivity index is 1.51. The molecule has 0 spiro atoms. The van der Waals surface area contributed by atoms with Crippen LogP contribution in [0.4, 0.5) is 5.69 Å². The molecule has 4 heteroatoms. The van der Waals surface area contributed by atoms with Gasteiger partial charge >= 0.3 is 0 Å². The Kier molecular flexibility index (Phi) is 4.04. The van der Waals surface area contributed by atoms with E-state index in [9.17, 15) is 0 Å². The number of hydrogen-bond acceptors (Lipinski definition) is 2. The molecule has 1 heterocycles. The second kappa shape index (κ2) is 5.96. The summed E-state index contributed by atoms with van der Waals surface area (Å²) in [5, 5.41) is 6.90. The van der Waals surface area contributed by atoms with Crippen molar-refractivity contribution in [2.75, 3.05) is 25.0 Å². The smallest absolute Gasteiger partial charge is 0.191 e. The van der Waals surface area contributed by atoms with E-state index in [4.69, 9.17) is 0 Å². The first-order valence-electron chi connectivity index (χ1n) is 8.00. The van der Waals surface area contributed by atoms with Gasteiger partial charge < -0.3 is 15.5 Å². The largest absolute Gasteiger partial charge is 0.367 e. The van der Waals surface area contributed by atoms with Gasteiger partial charge in [0.1, 0.15) is 0 Å². The number of anilines is 1. The zero-order chi connectivity index (χ0) is 14.8. The molecule has 21 heavy (non-hydrogen) atoms. The Labute approximate surface area is 127 Å². The summed E-state index contributed by atoms with van der Waals surface area (Å²) < 4.78 is 0. The minimum absolute atomic E-state index is 0.586. The van der Waals surface area contributed by atoms with Gasteiger partial charge in [0.15, 0.2) is 5.96 Å². The molecule has 3 unspecified atom stereocenters. The zero-order valence-electron chi connectivity index (χ0n) is 13.3. The van der Waals surface area contributed by atoms with Crippen LogP contribution in [-0.2, 0) is 6.42 Å². The Morgan fingerprint density at radius 1 is 1.33 bits per heavy atom. The van der Waals surface area contributed by atoms with Crippen LogP contribution in [0, 0.1) is 5.92 Å². The summed E-state index contributed by atoms with van der Waals surface area (Å²) in [5.74, 6) is 1.72. The number of fused-ring (bicyclic) bond motifs is 1. The molecular formula is C17H26N4. The van der Waals surface area contributed by atoms with Crippen molar-refractivity contribution >= 4 is 11.6 Å². The van der Waals surface area contributed by atoms with Crippen LogP contribution in [0.25, 0.3) is 0 Å². The third kappa shape index (κ3) is 3.14. The molecule has 1 saturated carbocycles. The lowest BCUT2D eigenvalue weighted by Crippen LogP contribution is -2.43. The van der Waals surface area contributed by atoms with Gasteiger partial charge in [-0.15, -0.1) is 0 Å². The lowest BCUT2D eigenvalue weighted by molar-refractivity contribution is 0.655. The molecule has 0 saturated heterocycles. The average molecular weight is 286 g/mol. The number of benzene rings is 1. The summed E-state index contributed by atoms with van der Waals surface area (Å²) in [6.45, 7) is 6.51. The first-order valence-corrected chi connectivity index (χ1v) is 8.00. The van der Waals surface area contributed by atoms with E-state index in [0.717, 1.165) is 31.4 Å². The van der Waals surface area contributed by atoms with Crippen molar-refractivity contribution in [1.29, 1.82) is 0 Å². The van der Waals surface area contributed by atoms with Gasteiger partial charge in [-0.25, -0.2) is 0 Å². The maximum Gasteiger partial charge on any atom is 0.191 e. The van der Waals surface area contributed by atoms with E-state index in [2.05, 4.69) is 58.6 Å². The van der Waals surface area contributed by atoms with Crippen LogP contribution in [0.3, 0.4) is 0 Å². The Hall–Kier alpha value is -1.71. The maximum atomic E-state index is 4.31. The maximum absolute atomic E-state index is 4.31. The van der Waals surface area contributed by atoms with Crippen molar-refractivity contribution in [2.24, 2.45) is 10.9 Å². The number of nitrogens with zero attached hydrogens (tertiary/aromatic N) is 2. The van der Waals surface area contributed by atoms with E-state index in [1.165, 1.54) is 17.7 Å². The fraction of sp³-hybridized carbons (Fsp3) is 0.588. The van der Waals surface area contributed by atoms with Gasteiger partial charge in [0.05, 0.1) is 0 Å². The predicted octanol–water partition coefficient (Wildman–Crippen LogP) is 2.01. The minimum atomic E-state index is 0.586. The molecule has 3 rings (SSSR count). The Bertz CT molecular complexity index is 525. The van der Waals surface area contributed by atoms with Crippen LogP contribution >= 0.6 is 0 Å². The molecule has 114 valence electrons. The van der Waals surface area contributed by atoms with Crippen molar-refractivity contribution in [3.63, 3.8) is 0 Å². The molecule has 0 amide bonds. The number of para-hydroxylation sites is 1. The first kappa shape index (κ1) is 14.2. The SMILES string of the molecule is CN=C(NCCN1c2ccccc2CC1C)NC1CC1C. The van der Waals surface area contributed by atoms with Gasteiger partial charge in [0.25, 0.3) is 0 Å². The van der Waals surface area contributed by atoms with Crippen LogP contribution in [0.2, 0.25) is 0 Å². The molecule has 1 aromatic rings. The van der Waals surface area contributed by atoms with Crippen molar-refractivity contribution in [3.05, 3.63) is 29.8 Å². The fourth-order valence-electron chi connectivity index (χ4n) is 3.16. The van der Waals surface area contributed by atoms with E-state index in [-0.39, 0.29) is 0 Å². The summed E-state index contributed by atoms with van der Waals surface area (Å²) in [4.78, 5) is 6.80. The van der Waals surface area contributed by atoms with Crippen LogP contribution in [0.1, 0.15) is 25.8 Å². The van der Waals surface area contributed by atoms with E-state index in [1.807, 2.05) is 7.05 Å². The molecule has 1 aliphatic heterocycles. The van der Waals surface area contributed by atoms with Crippen LogP contribution < -0.4 is 15.5 Å². The highest BCUT2D eigenvalue weighted by Gasteiger charge is 2.33. The van der Waals surface area contributed by atoms with E-state index in [0.29, 0.717) is 12.1 Å². The third-order valence-corrected chi connectivity index (χ3v) is 4.65. The standard InChI is InChI=1S/C17H26N4/c1-12-10-15(12)20-17(18-3)19-8-9-21-13(2)11-14-6-4-5-7-16(14)21/h4-7,12-13,15H,8-11H2,1-3H3,(H2,18,19,20). The third-order valence-electron chi connectivity index (χ3n) is 4.65. The number of rotatable bonds is 4. The molecule has 1 fully saturated rings. The number of hydrogen-bond donors (Lipinski definition) is 2. The molecule has 3 atom stereocenters. The molecule has 2 aliphatic rings. The normalized spacial score (nSPS) is 27.5. The topological polar surface area (TPSA) is 39.7 Å². The van der Waals surface area contributed by atoms with Crippen molar-refractivity contribution < 1.29 is 0 Å². The second-order valence-electron chi connectivity index (χ2n) is 6.34. The molecule has 1 aliphatic carbocycles. The van der Waals surface area contributed by atoms with Crippen LogP contribution in [0.15, 0.2) is 29.3 Å². The van der Waals surface area contributed by atoms with Crippen LogP contribution in [-0.4, -0.2) is 38.2 Å². The number of guanidine groups is 1. The molecular weight excluding hydrogens is 260 g/mol. The number of aliphatic imine (C=N–C) groups is 1. The monoisotopic (exact) mass is 286 g/mol. The fourth-order valence-corrected chi connectivity index (χ4v) is 3.16. The molecule has 0 aromatic heterocycles.